The van der Waals surface area contributed by atoms with Crippen molar-refractivity contribution in [3.8, 4) is 0 Å². The second-order valence-corrected chi connectivity index (χ2v) is 5.50. The molecule has 2 N–H and O–H groups in total. The minimum absolute atomic E-state index is 0.213. The van der Waals surface area contributed by atoms with E-state index >= 15 is 0 Å². The van der Waals surface area contributed by atoms with Crippen LogP contribution in [0.5, 0.6) is 0 Å². The highest BCUT2D eigenvalue weighted by molar-refractivity contribution is 7.99. The van der Waals surface area contributed by atoms with Crippen molar-refractivity contribution in [1.29, 1.82) is 0 Å². The quantitative estimate of drug-likeness (QED) is 0.850. The molecule has 106 valence electrons. The molecule has 0 fully saturated rings. The molecule has 0 aliphatic rings. The summed E-state index contributed by atoms with van der Waals surface area (Å²) in [7, 11) is 0. The van der Waals surface area contributed by atoms with Gasteiger partial charge in [-0.15, -0.1) is 11.8 Å². The second-order valence-electron chi connectivity index (χ2n) is 4.44. The van der Waals surface area contributed by atoms with Crippen molar-refractivity contribution in [2.45, 2.75) is 17.4 Å². The van der Waals surface area contributed by atoms with E-state index in [-0.39, 0.29) is 23.8 Å². The van der Waals surface area contributed by atoms with Gasteiger partial charge in [0, 0.05) is 16.7 Å². The molecule has 0 heterocycles. The van der Waals surface area contributed by atoms with Crippen LogP contribution in [0.2, 0.25) is 0 Å². The van der Waals surface area contributed by atoms with Gasteiger partial charge in [-0.2, -0.15) is 0 Å². The second kappa shape index (κ2) is 6.81. The topological polar surface area (TPSA) is 26.0 Å². The highest BCUT2D eigenvalue weighted by Crippen LogP contribution is 2.22. The maximum atomic E-state index is 13.5. The molecule has 0 bridgehead atoms. The van der Waals surface area contributed by atoms with Crippen molar-refractivity contribution in [2.75, 3.05) is 5.75 Å². The molecule has 0 aromatic heterocycles. The molecule has 20 heavy (non-hydrogen) atoms. The minimum atomic E-state index is -0.490. The molecule has 0 saturated heterocycles. The summed E-state index contributed by atoms with van der Waals surface area (Å²) in [5.41, 5.74) is 6.13. The zero-order valence-corrected chi connectivity index (χ0v) is 11.5. The summed E-state index contributed by atoms with van der Waals surface area (Å²) in [6.45, 7) is 0. The lowest BCUT2D eigenvalue weighted by Gasteiger charge is -2.12. The number of hydrogen-bond donors (Lipinski definition) is 1. The van der Waals surface area contributed by atoms with Gasteiger partial charge >= 0.3 is 0 Å². The molecule has 0 amide bonds. The molecule has 0 aliphatic carbocycles. The van der Waals surface area contributed by atoms with E-state index in [9.17, 15) is 13.2 Å². The Morgan fingerprint density at radius 2 is 1.75 bits per heavy atom. The molecule has 0 saturated carbocycles. The molecule has 5 heteroatoms. The number of thioether (sulfide) groups is 1. The first kappa shape index (κ1) is 14.9. The first-order valence-corrected chi connectivity index (χ1v) is 7.11. The monoisotopic (exact) mass is 297 g/mol. The Kier molecular flexibility index (Phi) is 5.09. The summed E-state index contributed by atoms with van der Waals surface area (Å²) in [6.07, 6.45) is 0.213. The van der Waals surface area contributed by atoms with Crippen LogP contribution in [0.25, 0.3) is 0 Å². The van der Waals surface area contributed by atoms with Gasteiger partial charge in [0.15, 0.2) is 0 Å². The molecule has 1 unspecified atom stereocenters. The van der Waals surface area contributed by atoms with E-state index in [1.807, 2.05) is 0 Å². The lowest BCUT2D eigenvalue weighted by Crippen LogP contribution is -2.26. The van der Waals surface area contributed by atoms with Gasteiger partial charge in [-0.25, -0.2) is 13.2 Å². The lowest BCUT2D eigenvalue weighted by atomic mass is 10.1. The molecular formula is C15H14F3NS. The lowest BCUT2D eigenvalue weighted by molar-refractivity contribution is 0.575. The van der Waals surface area contributed by atoms with Gasteiger partial charge in [-0.3, -0.25) is 0 Å². The Balaban J connectivity index is 1.94. The standard InChI is InChI=1S/C15H14F3NS/c16-11-5-6-13(17)10(7-11)8-12(19)9-20-15-4-2-1-3-14(15)18/h1-7,12H,8-9,19H2. The Labute approximate surface area is 120 Å². The Bertz CT molecular complexity index is 589. The van der Waals surface area contributed by atoms with E-state index < -0.39 is 11.6 Å². The van der Waals surface area contributed by atoms with Crippen LogP contribution in [0, 0.1) is 17.5 Å². The fourth-order valence-electron chi connectivity index (χ4n) is 1.80. The van der Waals surface area contributed by atoms with Crippen LogP contribution >= 0.6 is 11.8 Å². The summed E-state index contributed by atoms with van der Waals surface area (Å²) in [6, 6.07) is 9.30. The van der Waals surface area contributed by atoms with Crippen molar-refractivity contribution in [3.63, 3.8) is 0 Å². The summed E-state index contributed by atoms with van der Waals surface area (Å²) in [5.74, 6) is -0.841. The van der Waals surface area contributed by atoms with Crippen molar-refractivity contribution in [3.05, 3.63) is 65.5 Å². The van der Waals surface area contributed by atoms with Crippen molar-refractivity contribution in [2.24, 2.45) is 5.73 Å². The predicted molar refractivity (Wildman–Crippen MR) is 75.2 cm³/mol. The number of benzene rings is 2. The summed E-state index contributed by atoms with van der Waals surface area (Å²) in [5, 5.41) is 0. The average molecular weight is 297 g/mol. The van der Waals surface area contributed by atoms with E-state index in [1.54, 1.807) is 18.2 Å². The molecule has 0 spiro atoms. The molecule has 0 aliphatic heterocycles. The van der Waals surface area contributed by atoms with E-state index in [0.29, 0.717) is 10.6 Å². The van der Waals surface area contributed by atoms with E-state index in [1.165, 1.54) is 17.8 Å². The average Bonchev–Trinajstić information content (AvgIpc) is 2.42. The van der Waals surface area contributed by atoms with Crippen molar-refractivity contribution in [1.82, 2.24) is 0 Å². The summed E-state index contributed by atoms with van der Waals surface area (Å²) in [4.78, 5) is 0.502. The van der Waals surface area contributed by atoms with Gasteiger partial charge in [-0.05, 0) is 42.3 Å². The van der Waals surface area contributed by atoms with Crippen LogP contribution in [0.15, 0.2) is 47.4 Å². The normalized spacial score (nSPS) is 12.4. The fourth-order valence-corrected chi connectivity index (χ4v) is 2.69. The Morgan fingerprint density at radius 3 is 2.50 bits per heavy atom. The third kappa shape index (κ3) is 4.02. The van der Waals surface area contributed by atoms with Crippen LogP contribution in [-0.2, 0) is 6.42 Å². The number of nitrogens with two attached hydrogens (primary N) is 1. The van der Waals surface area contributed by atoms with Gasteiger partial charge in [-0.1, -0.05) is 12.1 Å². The van der Waals surface area contributed by atoms with Crippen LogP contribution in [0.3, 0.4) is 0 Å². The van der Waals surface area contributed by atoms with Crippen LogP contribution in [0.4, 0.5) is 13.2 Å². The molecular weight excluding hydrogens is 283 g/mol. The molecule has 1 atom stereocenters. The van der Waals surface area contributed by atoms with Crippen LogP contribution in [0.1, 0.15) is 5.56 Å². The van der Waals surface area contributed by atoms with Gasteiger partial charge in [0.05, 0.1) is 0 Å². The molecule has 2 aromatic carbocycles. The molecule has 1 nitrogen and oxygen atoms in total. The molecule has 2 aromatic rings. The first-order valence-electron chi connectivity index (χ1n) is 6.13. The van der Waals surface area contributed by atoms with Crippen molar-refractivity contribution < 1.29 is 13.2 Å². The molecule has 0 radical (unpaired) electrons. The van der Waals surface area contributed by atoms with Crippen LogP contribution in [-0.4, -0.2) is 11.8 Å². The minimum Gasteiger partial charge on any atom is -0.327 e. The number of rotatable bonds is 5. The maximum absolute atomic E-state index is 13.5. The van der Waals surface area contributed by atoms with Gasteiger partial charge in [0.25, 0.3) is 0 Å². The largest absolute Gasteiger partial charge is 0.327 e. The zero-order valence-electron chi connectivity index (χ0n) is 10.7. The summed E-state index contributed by atoms with van der Waals surface area (Å²) < 4.78 is 39.9. The number of halogens is 3. The highest BCUT2D eigenvalue weighted by Gasteiger charge is 2.11. The van der Waals surface area contributed by atoms with Crippen LogP contribution < -0.4 is 5.73 Å². The van der Waals surface area contributed by atoms with E-state index in [0.717, 1.165) is 18.2 Å². The zero-order chi connectivity index (χ0) is 14.5. The molecule has 2 rings (SSSR count). The van der Waals surface area contributed by atoms with Crippen molar-refractivity contribution >= 4 is 11.8 Å². The fraction of sp³-hybridized carbons (Fsp3) is 0.200. The third-order valence-corrected chi connectivity index (χ3v) is 4.02. The highest BCUT2D eigenvalue weighted by atomic mass is 32.2. The number of hydrogen-bond acceptors (Lipinski definition) is 2. The Hall–Kier alpha value is -1.46. The van der Waals surface area contributed by atoms with Gasteiger partial charge < -0.3 is 5.73 Å². The maximum Gasteiger partial charge on any atom is 0.136 e. The predicted octanol–water partition coefficient (Wildman–Crippen LogP) is 3.77. The van der Waals surface area contributed by atoms with E-state index in [4.69, 9.17) is 5.73 Å². The summed E-state index contributed by atoms with van der Waals surface area (Å²) >= 11 is 1.27. The third-order valence-electron chi connectivity index (χ3n) is 2.78. The van der Waals surface area contributed by atoms with Gasteiger partial charge in [0.1, 0.15) is 17.5 Å². The van der Waals surface area contributed by atoms with E-state index in [2.05, 4.69) is 0 Å². The first-order chi connectivity index (χ1) is 9.56. The SMILES string of the molecule is NC(CSc1ccccc1F)Cc1cc(F)ccc1F. The smallest absolute Gasteiger partial charge is 0.136 e. The Morgan fingerprint density at radius 1 is 1.00 bits per heavy atom. The van der Waals surface area contributed by atoms with Gasteiger partial charge in [0.2, 0.25) is 0 Å².